The molecule has 1 aliphatic rings. The number of amides is 1. The molecule has 4 rings (SSSR count). The van der Waals surface area contributed by atoms with Gasteiger partial charge in [-0.05, 0) is 24.8 Å². The molecule has 1 saturated carbocycles. The summed E-state index contributed by atoms with van der Waals surface area (Å²) < 4.78 is 7.31. The van der Waals surface area contributed by atoms with Crippen LogP contribution in [-0.2, 0) is 6.54 Å². The van der Waals surface area contributed by atoms with Gasteiger partial charge in [0.2, 0.25) is 0 Å². The van der Waals surface area contributed by atoms with E-state index in [1.807, 2.05) is 19.9 Å². The molecular weight excluding hydrogens is 306 g/mol. The number of hydrogen-bond donors (Lipinski definition) is 1. The van der Waals surface area contributed by atoms with Gasteiger partial charge in [-0.2, -0.15) is 0 Å². The van der Waals surface area contributed by atoms with Crippen molar-refractivity contribution in [2.45, 2.75) is 45.2 Å². The Morgan fingerprint density at radius 2 is 2.21 bits per heavy atom. The monoisotopic (exact) mass is 325 g/mol. The van der Waals surface area contributed by atoms with Crippen LogP contribution in [0.25, 0.3) is 11.2 Å². The summed E-state index contributed by atoms with van der Waals surface area (Å²) in [6.07, 6.45) is 5.74. The third kappa shape index (κ3) is 2.77. The quantitative estimate of drug-likeness (QED) is 0.779. The van der Waals surface area contributed by atoms with Crippen LogP contribution in [0.15, 0.2) is 29.2 Å². The first kappa shape index (κ1) is 14.9. The molecule has 1 amide bonds. The molecule has 0 saturated heterocycles. The summed E-state index contributed by atoms with van der Waals surface area (Å²) in [7, 11) is 0. The smallest absolute Gasteiger partial charge is 0.253 e. The molecule has 0 aromatic carbocycles. The van der Waals surface area contributed by atoms with Gasteiger partial charge in [0.25, 0.3) is 5.91 Å². The van der Waals surface area contributed by atoms with E-state index in [0.717, 1.165) is 16.9 Å². The second-order valence-corrected chi connectivity index (χ2v) is 6.51. The van der Waals surface area contributed by atoms with Gasteiger partial charge < -0.3 is 14.4 Å². The summed E-state index contributed by atoms with van der Waals surface area (Å²) in [5, 5.41) is 6.81. The predicted octanol–water partition coefficient (Wildman–Crippen LogP) is 2.81. The number of aromatic nitrogens is 4. The van der Waals surface area contributed by atoms with E-state index in [1.54, 1.807) is 18.6 Å². The van der Waals surface area contributed by atoms with E-state index in [4.69, 9.17) is 4.52 Å². The van der Waals surface area contributed by atoms with Gasteiger partial charge in [-0.15, -0.1) is 0 Å². The number of carbonyl (C=O) groups is 1. The maximum absolute atomic E-state index is 12.3. The van der Waals surface area contributed by atoms with Crippen molar-refractivity contribution >= 4 is 17.1 Å². The highest BCUT2D eigenvalue weighted by Crippen LogP contribution is 2.36. The molecule has 0 spiro atoms. The Bertz CT molecular complexity index is 891. The molecule has 0 aliphatic heterocycles. The Morgan fingerprint density at radius 3 is 2.92 bits per heavy atom. The summed E-state index contributed by atoms with van der Waals surface area (Å²) in [6.45, 7) is 4.39. The molecule has 0 atom stereocenters. The fourth-order valence-corrected chi connectivity index (χ4v) is 2.62. The number of imidazole rings is 1. The molecule has 0 unspecified atom stereocenters. The van der Waals surface area contributed by atoms with Gasteiger partial charge in [0.15, 0.2) is 11.4 Å². The average Bonchev–Trinajstić information content (AvgIpc) is 3.15. The van der Waals surface area contributed by atoms with Crippen LogP contribution < -0.4 is 5.32 Å². The molecule has 24 heavy (non-hydrogen) atoms. The number of hydrogen-bond acceptors (Lipinski definition) is 5. The van der Waals surface area contributed by atoms with Crippen molar-refractivity contribution in [3.05, 3.63) is 41.7 Å². The van der Waals surface area contributed by atoms with Crippen molar-refractivity contribution in [2.24, 2.45) is 0 Å². The van der Waals surface area contributed by atoms with E-state index in [1.165, 1.54) is 12.8 Å². The molecule has 3 aromatic heterocycles. The van der Waals surface area contributed by atoms with Crippen molar-refractivity contribution in [3.63, 3.8) is 0 Å². The van der Waals surface area contributed by atoms with Crippen LogP contribution in [0, 0.1) is 0 Å². The van der Waals surface area contributed by atoms with Crippen LogP contribution in [0.3, 0.4) is 0 Å². The minimum Gasteiger partial charge on any atom is -0.359 e. The Kier molecular flexibility index (Phi) is 3.55. The predicted molar refractivity (Wildman–Crippen MR) is 87.6 cm³/mol. The van der Waals surface area contributed by atoms with E-state index in [2.05, 4.69) is 25.0 Å². The molecule has 0 bridgehead atoms. The summed E-state index contributed by atoms with van der Waals surface area (Å²) in [5.74, 6) is 0.735. The number of nitrogens with one attached hydrogen (secondary N) is 1. The van der Waals surface area contributed by atoms with Gasteiger partial charge in [-0.3, -0.25) is 4.79 Å². The summed E-state index contributed by atoms with van der Waals surface area (Å²) in [4.78, 5) is 21.1. The highest BCUT2D eigenvalue weighted by molar-refractivity contribution is 5.96. The molecule has 1 fully saturated rings. The lowest BCUT2D eigenvalue weighted by molar-refractivity contribution is 0.0947. The van der Waals surface area contributed by atoms with Crippen molar-refractivity contribution in [3.8, 4) is 0 Å². The second-order valence-electron chi connectivity index (χ2n) is 6.51. The first-order chi connectivity index (χ1) is 11.6. The van der Waals surface area contributed by atoms with E-state index in [-0.39, 0.29) is 5.91 Å². The molecule has 7 nitrogen and oxygen atoms in total. The second kappa shape index (κ2) is 5.74. The molecule has 3 aromatic rings. The van der Waals surface area contributed by atoms with Crippen LogP contribution in [0.1, 0.15) is 60.5 Å². The third-order valence-electron chi connectivity index (χ3n) is 4.21. The third-order valence-corrected chi connectivity index (χ3v) is 4.21. The van der Waals surface area contributed by atoms with Crippen molar-refractivity contribution < 1.29 is 9.32 Å². The largest absolute Gasteiger partial charge is 0.359 e. The zero-order valence-electron chi connectivity index (χ0n) is 13.7. The zero-order chi connectivity index (χ0) is 16.7. The van der Waals surface area contributed by atoms with Gasteiger partial charge in [0.05, 0.1) is 24.1 Å². The lowest BCUT2D eigenvalue weighted by atomic mass is 10.1. The number of rotatable bonds is 5. The molecular formula is C17H19N5O2. The number of pyridine rings is 1. The van der Waals surface area contributed by atoms with Gasteiger partial charge in [-0.25, -0.2) is 9.97 Å². The van der Waals surface area contributed by atoms with E-state index in [0.29, 0.717) is 29.8 Å². The number of carbonyl (C=O) groups excluding carboxylic acids is 1. The van der Waals surface area contributed by atoms with Gasteiger partial charge in [0, 0.05) is 18.3 Å². The van der Waals surface area contributed by atoms with E-state index >= 15 is 0 Å². The SMILES string of the molecule is CC(C)c1cc(CNC(=O)c2cnc3c(c2)ncn3C2CC2)on1. The average molecular weight is 325 g/mol. The molecule has 124 valence electrons. The Labute approximate surface area is 139 Å². The normalized spacial score (nSPS) is 14.5. The summed E-state index contributed by atoms with van der Waals surface area (Å²) in [6, 6.07) is 4.16. The lowest BCUT2D eigenvalue weighted by Gasteiger charge is -2.03. The number of fused-ring (bicyclic) bond motifs is 1. The summed E-state index contributed by atoms with van der Waals surface area (Å²) in [5.41, 5.74) is 2.96. The molecule has 1 N–H and O–H groups in total. The fraction of sp³-hybridized carbons (Fsp3) is 0.412. The Hall–Kier alpha value is -2.70. The Morgan fingerprint density at radius 1 is 1.38 bits per heavy atom. The van der Waals surface area contributed by atoms with Crippen LogP contribution >= 0.6 is 0 Å². The maximum atomic E-state index is 12.3. The Balaban J connectivity index is 1.46. The van der Waals surface area contributed by atoms with Crippen molar-refractivity contribution in [2.75, 3.05) is 0 Å². The van der Waals surface area contributed by atoms with E-state index < -0.39 is 0 Å². The van der Waals surface area contributed by atoms with Gasteiger partial charge in [0.1, 0.15) is 5.52 Å². The van der Waals surface area contributed by atoms with Crippen LogP contribution in [0.5, 0.6) is 0 Å². The first-order valence-corrected chi connectivity index (χ1v) is 8.18. The molecule has 0 radical (unpaired) electrons. The molecule has 7 heteroatoms. The standard InChI is InChI=1S/C17H19N5O2/c1-10(2)14-6-13(24-21-14)8-19-17(23)11-5-15-16(18-7-11)22(9-20-15)12-3-4-12/h5-7,9-10,12H,3-4,8H2,1-2H3,(H,19,23). The first-order valence-electron chi connectivity index (χ1n) is 8.18. The van der Waals surface area contributed by atoms with Gasteiger partial charge in [-0.1, -0.05) is 19.0 Å². The minimum absolute atomic E-state index is 0.201. The van der Waals surface area contributed by atoms with Crippen LogP contribution in [-0.4, -0.2) is 25.6 Å². The fourth-order valence-electron chi connectivity index (χ4n) is 2.62. The highest BCUT2D eigenvalue weighted by atomic mass is 16.5. The minimum atomic E-state index is -0.201. The van der Waals surface area contributed by atoms with Gasteiger partial charge >= 0.3 is 0 Å². The van der Waals surface area contributed by atoms with Crippen molar-refractivity contribution in [1.82, 2.24) is 25.0 Å². The lowest BCUT2D eigenvalue weighted by Crippen LogP contribution is -2.22. The highest BCUT2D eigenvalue weighted by Gasteiger charge is 2.25. The summed E-state index contributed by atoms with van der Waals surface area (Å²) >= 11 is 0. The van der Waals surface area contributed by atoms with E-state index in [9.17, 15) is 4.79 Å². The van der Waals surface area contributed by atoms with Crippen molar-refractivity contribution in [1.29, 1.82) is 0 Å². The van der Waals surface area contributed by atoms with Crippen LogP contribution in [0.4, 0.5) is 0 Å². The topological polar surface area (TPSA) is 85.8 Å². The maximum Gasteiger partial charge on any atom is 0.253 e. The molecule has 1 aliphatic carbocycles. The zero-order valence-corrected chi connectivity index (χ0v) is 13.7. The number of nitrogens with zero attached hydrogens (tertiary/aromatic N) is 4. The molecule has 3 heterocycles. The van der Waals surface area contributed by atoms with Crippen LogP contribution in [0.2, 0.25) is 0 Å².